The second-order valence-electron chi connectivity index (χ2n) is 6.43. The Labute approximate surface area is 141 Å². The Morgan fingerprint density at radius 3 is 2.71 bits per heavy atom. The van der Waals surface area contributed by atoms with Crippen LogP contribution in [-0.4, -0.2) is 60.5 Å². The zero-order valence-corrected chi connectivity index (χ0v) is 13.9. The second-order valence-corrected chi connectivity index (χ2v) is 6.43. The molecule has 5 nitrogen and oxygen atoms in total. The molecule has 0 aliphatic carbocycles. The third kappa shape index (κ3) is 3.43. The molecular weight excluding hydrogens is 311 g/mol. The summed E-state index contributed by atoms with van der Waals surface area (Å²) in [7, 11) is 1.62. The summed E-state index contributed by atoms with van der Waals surface area (Å²) in [6.07, 6.45) is 2.29. The lowest BCUT2D eigenvalue weighted by Crippen LogP contribution is -2.54. The summed E-state index contributed by atoms with van der Waals surface area (Å²) in [4.78, 5) is 28.6. The molecule has 6 heteroatoms. The van der Waals surface area contributed by atoms with E-state index in [4.69, 9.17) is 4.74 Å². The summed E-state index contributed by atoms with van der Waals surface area (Å²) >= 11 is 0. The number of nitrogens with zero attached hydrogens (tertiary/aromatic N) is 2. The van der Waals surface area contributed by atoms with Crippen LogP contribution in [0.2, 0.25) is 0 Å². The second kappa shape index (κ2) is 7.30. The predicted octanol–water partition coefficient (Wildman–Crippen LogP) is 1.61. The van der Waals surface area contributed by atoms with Crippen LogP contribution < -0.4 is 0 Å². The Morgan fingerprint density at radius 2 is 2.00 bits per heavy atom. The van der Waals surface area contributed by atoms with Gasteiger partial charge in [0.05, 0.1) is 25.1 Å². The first-order valence-electron chi connectivity index (χ1n) is 8.42. The number of hydrogen-bond donors (Lipinski definition) is 0. The van der Waals surface area contributed by atoms with Crippen molar-refractivity contribution in [2.75, 3.05) is 26.8 Å². The molecule has 1 aromatic rings. The first-order valence-corrected chi connectivity index (χ1v) is 8.42. The van der Waals surface area contributed by atoms with Crippen molar-refractivity contribution in [1.29, 1.82) is 0 Å². The van der Waals surface area contributed by atoms with Crippen molar-refractivity contribution in [3.63, 3.8) is 0 Å². The number of ether oxygens (including phenoxy) is 1. The van der Waals surface area contributed by atoms with Crippen molar-refractivity contribution in [1.82, 2.24) is 9.80 Å². The lowest BCUT2D eigenvalue weighted by Gasteiger charge is -2.39. The fraction of sp³-hybridized carbons (Fsp3) is 0.556. The average molecular weight is 334 g/mol. The highest BCUT2D eigenvalue weighted by atomic mass is 19.1. The van der Waals surface area contributed by atoms with Gasteiger partial charge < -0.3 is 14.5 Å². The quantitative estimate of drug-likeness (QED) is 0.822. The Kier molecular flexibility index (Phi) is 5.14. The molecule has 2 fully saturated rings. The molecule has 0 N–H and O–H groups in total. The number of rotatable bonds is 5. The highest BCUT2D eigenvalue weighted by Crippen LogP contribution is 2.31. The molecule has 1 aromatic carbocycles. The van der Waals surface area contributed by atoms with E-state index in [0.717, 1.165) is 18.4 Å². The summed E-state index contributed by atoms with van der Waals surface area (Å²) in [5.41, 5.74) is 0.813. The van der Waals surface area contributed by atoms with Crippen molar-refractivity contribution in [3.8, 4) is 0 Å². The highest BCUT2D eigenvalue weighted by molar-refractivity contribution is 5.81. The average Bonchev–Trinajstić information content (AvgIpc) is 3.00. The van der Waals surface area contributed by atoms with Gasteiger partial charge in [0.1, 0.15) is 5.82 Å². The maximum Gasteiger partial charge on any atom is 0.227 e. The molecule has 2 saturated heterocycles. The first kappa shape index (κ1) is 16.9. The Hall–Kier alpha value is -1.95. The molecule has 0 spiro atoms. The third-order valence-corrected chi connectivity index (χ3v) is 5.01. The van der Waals surface area contributed by atoms with E-state index in [1.165, 1.54) is 12.1 Å². The van der Waals surface area contributed by atoms with E-state index < -0.39 is 0 Å². The van der Waals surface area contributed by atoms with Crippen LogP contribution in [0.15, 0.2) is 24.3 Å². The van der Waals surface area contributed by atoms with Gasteiger partial charge in [0, 0.05) is 26.6 Å². The van der Waals surface area contributed by atoms with Crippen LogP contribution in [0.25, 0.3) is 0 Å². The van der Waals surface area contributed by atoms with E-state index in [9.17, 15) is 14.0 Å². The molecule has 3 rings (SSSR count). The van der Waals surface area contributed by atoms with E-state index >= 15 is 0 Å². The van der Waals surface area contributed by atoms with Gasteiger partial charge in [-0.05, 0) is 30.5 Å². The lowest BCUT2D eigenvalue weighted by molar-refractivity contribution is -0.142. The van der Waals surface area contributed by atoms with E-state index in [2.05, 4.69) is 0 Å². The van der Waals surface area contributed by atoms with E-state index in [-0.39, 0.29) is 36.1 Å². The van der Waals surface area contributed by atoms with Crippen molar-refractivity contribution in [2.24, 2.45) is 0 Å². The summed E-state index contributed by atoms with van der Waals surface area (Å²) < 4.78 is 18.1. The van der Waals surface area contributed by atoms with Crippen molar-refractivity contribution >= 4 is 11.8 Å². The summed E-state index contributed by atoms with van der Waals surface area (Å²) in [5.74, 6) is -0.0942. The maximum atomic E-state index is 13.0. The SMILES string of the molecule is COCCN1C(=O)CC[C@@H]2[C@H]1CCN2C(=O)Cc1ccc(F)cc1. The van der Waals surface area contributed by atoms with Crippen LogP contribution >= 0.6 is 0 Å². The Balaban J connectivity index is 1.66. The maximum absolute atomic E-state index is 13.0. The van der Waals surface area contributed by atoms with Gasteiger partial charge in [-0.25, -0.2) is 4.39 Å². The van der Waals surface area contributed by atoms with E-state index in [1.807, 2.05) is 9.80 Å². The number of carbonyl (C=O) groups is 2. The number of fused-ring (bicyclic) bond motifs is 1. The summed E-state index contributed by atoms with van der Waals surface area (Å²) in [6, 6.07) is 6.24. The fourth-order valence-electron chi connectivity index (χ4n) is 3.82. The Bertz CT molecular complexity index is 605. The zero-order valence-electron chi connectivity index (χ0n) is 13.9. The molecule has 2 aliphatic rings. The molecular formula is C18H23FN2O3. The molecule has 0 radical (unpaired) electrons. The van der Waals surface area contributed by atoms with Gasteiger partial charge in [-0.3, -0.25) is 9.59 Å². The number of piperidine rings is 1. The van der Waals surface area contributed by atoms with Crippen molar-refractivity contribution in [3.05, 3.63) is 35.6 Å². The Morgan fingerprint density at radius 1 is 1.25 bits per heavy atom. The van der Waals surface area contributed by atoms with Gasteiger partial charge in [0.15, 0.2) is 0 Å². The molecule has 2 atom stereocenters. The minimum absolute atomic E-state index is 0.0511. The van der Waals surface area contributed by atoms with E-state index in [0.29, 0.717) is 26.1 Å². The normalized spacial score (nSPS) is 23.5. The van der Waals surface area contributed by atoms with Gasteiger partial charge in [-0.2, -0.15) is 0 Å². The van der Waals surface area contributed by atoms with Gasteiger partial charge in [0.2, 0.25) is 11.8 Å². The van der Waals surface area contributed by atoms with Gasteiger partial charge >= 0.3 is 0 Å². The van der Waals surface area contributed by atoms with E-state index in [1.54, 1.807) is 19.2 Å². The number of halogens is 1. The molecule has 24 heavy (non-hydrogen) atoms. The van der Waals surface area contributed by atoms with Crippen LogP contribution in [0.3, 0.4) is 0 Å². The predicted molar refractivity (Wildman–Crippen MR) is 86.8 cm³/mol. The molecule has 0 aromatic heterocycles. The number of methoxy groups -OCH3 is 1. The standard InChI is InChI=1S/C18H23FN2O3/c1-24-11-10-21-16-8-9-20(15(16)6-7-17(21)22)18(23)12-13-2-4-14(19)5-3-13/h2-5,15-16H,6-12H2,1H3/t15-,16-/m1/s1. The lowest BCUT2D eigenvalue weighted by atomic mass is 9.96. The van der Waals surface area contributed by atoms with Crippen LogP contribution in [0.1, 0.15) is 24.8 Å². The van der Waals surface area contributed by atoms with Crippen LogP contribution in [0, 0.1) is 5.82 Å². The number of likely N-dealkylation sites (tertiary alicyclic amines) is 2. The van der Waals surface area contributed by atoms with Crippen molar-refractivity contribution in [2.45, 2.75) is 37.8 Å². The summed E-state index contributed by atoms with van der Waals surface area (Å²) in [6.45, 7) is 1.76. The minimum Gasteiger partial charge on any atom is -0.383 e. The highest BCUT2D eigenvalue weighted by Gasteiger charge is 2.44. The number of carbonyl (C=O) groups excluding carboxylic acids is 2. The molecule has 130 valence electrons. The molecule has 2 amide bonds. The van der Waals surface area contributed by atoms with Gasteiger partial charge in [-0.1, -0.05) is 12.1 Å². The molecule has 2 aliphatic heterocycles. The topological polar surface area (TPSA) is 49.9 Å². The number of amides is 2. The monoisotopic (exact) mass is 334 g/mol. The van der Waals surface area contributed by atoms with Crippen molar-refractivity contribution < 1.29 is 18.7 Å². The molecule has 0 unspecified atom stereocenters. The molecule has 2 heterocycles. The summed E-state index contributed by atoms with van der Waals surface area (Å²) in [5, 5.41) is 0. The zero-order chi connectivity index (χ0) is 17.1. The van der Waals surface area contributed by atoms with Gasteiger partial charge in [0.25, 0.3) is 0 Å². The van der Waals surface area contributed by atoms with Crippen LogP contribution in [-0.2, 0) is 20.7 Å². The minimum atomic E-state index is -0.299. The van der Waals surface area contributed by atoms with Crippen LogP contribution in [0.4, 0.5) is 4.39 Å². The largest absolute Gasteiger partial charge is 0.383 e. The third-order valence-electron chi connectivity index (χ3n) is 5.01. The fourth-order valence-corrected chi connectivity index (χ4v) is 3.82. The smallest absolute Gasteiger partial charge is 0.227 e. The first-order chi connectivity index (χ1) is 11.6. The van der Waals surface area contributed by atoms with Crippen LogP contribution in [0.5, 0.6) is 0 Å². The van der Waals surface area contributed by atoms with Gasteiger partial charge in [-0.15, -0.1) is 0 Å². The molecule has 0 bridgehead atoms. The number of benzene rings is 1. The number of hydrogen-bond acceptors (Lipinski definition) is 3. The molecule has 0 saturated carbocycles.